The van der Waals surface area contributed by atoms with E-state index in [0.717, 1.165) is 13.0 Å². The Hall–Kier alpha value is -1.07. The number of carboxylic acid groups (broad SMARTS) is 1. The van der Waals surface area contributed by atoms with Crippen molar-refractivity contribution >= 4 is 21.9 Å². The zero-order chi connectivity index (χ0) is 11.0. The molecule has 1 aromatic carbocycles. The lowest BCUT2D eigenvalue weighted by Crippen LogP contribution is -2.36. The molecule has 15 heavy (non-hydrogen) atoms. The summed E-state index contributed by atoms with van der Waals surface area (Å²) in [6, 6.07) is 3.00. The van der Waals surface area contributed by atoms with Gasteiger partial charge in [-0.05, 0) is 41.0 Å². The molecule has 3 N–H and O–H groups in total. The molecule has 0 saturated carbocycles. The Kier molecular flexibility index (Phi) is 2.67. The molecule has 1 fully saturated rings. The van der Waals surface area contributed by atoms with Crippen LogP contribution in [0.3, 0.4) is 0 Å². The maximum atomic E-state index is 11.0. The van der Waals surface area contributed by atoms with E-state index >= 15 is 0 Å². The highest BCUT2D eigenvalue weighted by atomic mass is 79.9. The summed E-state index contributed by atoms with van der Waals surface area (Å²) in [4.78, 5) is 11.0. The summed E-state index contributed by atoms with van der Waals surface area (Å²) in [5.74, 6) is -0.992. The van der Waals surface area contributed by atoms with Crippen LogP contribution in [-0.4, -0.2) is 22.7 Å². The highest BCUT2D eigenvalue weighted by Gasteiger charge is 2.27. The van der Waals surface area contributed by atoms with E-state index in [1.165, 1.54) is 6.07 Å². The van der Waals surface area contributed by atoms with Gasteiger partial charge in [0.25, 0.3) is 0 Å². The van der Waals surface area contributed by atoms with E-state index in [0.29, 0.717) is 10.0 Å². The normalized spacial score (nSPS) is 19.7. The van der Waals surface area contributed by atoms with Crippen molar-refractivity contribution in [3.8, 4) is 5.75 Å². The lowest BCUT2D eigenvalue weighted by atomic mass is 9.92. The van der Waals surface area contributed by atoms with Gasteiger partial charge in [0.05, 0.1) is 10.0 Å². The lowest BCUT2D eigenvalue weighted by Gasteiger charge is -2.29. The van der Waals surface area contributed by atoms with Gasteiger partial charge < -0.3 is 15.5 Å². The summed E-state index contributed by atoms with van der Waals surface area (Å²) in [5, 5.41) is 21.9. The van der Waals surface area contributed by atoms with Crippen molar-refractivity contribution in [1.29, 1.82) is 0 Å². The topological polar surface area (TPSA) is 69.6 Å². The third-order valence-corrected chi connectivity index (χ3v) is 3.21. The Labute approximate surface area is 95.1 Å². The van der Waals surface area contributed by atoms with Gasteiger partial charge in [0.2, 0.25) is 0 Å². The molecular weight excluding hydrogens is 262 g/mol. The molecule has 0 bridgehead atoms. The summed E-state index contributed by atoms with van der Waals surface area (Å²) in [5.41, 5.74) is 0.635. The van der Waals surface area contributed by atoms with Gasteiger partial charge in [-0.25, -0.2) is 4.79 Å². The quantitative estimate of drug-likeness (QED) is 0.769. The first kappa shape index (κ1) is 10.4. The molecule has 0 spiro atoms. The fraction of sp³-hybridized carbons (Fsp3) is 0.300. The van der Waals surface area contributed by atoms with Gasteiger partial charge in [-0.1, -0.05) is 0 Å². The van der Waals surface area contributed by atoms with Crippen LogP contribution < -0.4 is 5.32 Å². The first-order valence-electron chi connectivity index (χ1n) is 4.59. The van der Waals surface area contributed by atoms with Gasteiger partial charge in [-0.2, -0.15) is 0 Å². The van der Waals surface area contributed by atoms with Crippen LogP contribution in [0.2, 0.25) is 0 Å². The number of aromatic hydroxyl groups is 1. The first-order valence-corrected chi connectivity index (χ1v) is 5.38. The van der Waals surface area contributed by atoms with E-state index in [-0.39, 0.29) is 17.4 Å². The predicted molar refractivity (Wildman–Crippen MR) is 58.1 cm³/mol. The van der Waals surface area contributed by atoms with Crippen LogP contribution in [0.1, 0.15) is 28.4 Å². The summed E-state index contributed by atoms with van der Waals surface area (Å²) in [6.45, 7) is 0.857. The summed E-state index contributed by atoms with van der Waals surface area (Å²) in [6.07, 6.45) is 0.851. The number of aromatic carboxylic acids is 1. The van der Waals surface area contributed by atoms with Gasteiger partial charge in [-0.15, -0.1) is 0 Å². The molecule has 1 heterocycles. The molecule has 1 atom stereocenters. The van der Waals surface area contributed by atoms with Gasteiger partial charge >= 0.3 is 5.97 Å². The minimum Gasteiger partial charge on any atom is -0.506 e. The number of carboxylic acids is 1. The van der Waals surface area contributed by atoms with Crippen molar-refractivity contribution in [2.75, 3.05) is 6.54 Å². The SMILES string of the molecule is O=C(O)c1ccc(Br)c(O)c1[C@H]1CCN1. The molecule has 0 aromatic heterocycles. The van der Waals surface area contributed by atoms with Crippen LogP contribution in [0.4, 0.5) is 0 Å². The molecule has 0 unspecified atom stereocenters. The van der Waals surface area contributed by atoms with Crippen molar-refractivity contribution in [2.45, 2.75) is 12.5 Å². The Morgan fingerprint density at radius 1 is 1.53 bits per heavy atom. The van der Waals surface area contributed by atoms with Crippen molar-refractivity contribution in [3.63, 3.8) is 0 Å². The number of rotatable bonds is 2. The van der Waals surface area contributed by atoms with E-state index in [1.807, 2.05) is 0 Å². The molecule has 1 aliphatic rings. The van der Waals surface area contributed by atoms with Crippen molar-refractivity contribution in [3.05, 3.63) is 27.7 Å². The third kappa shape index (κ3) is 1.72. The fourth-order valence-corrected chi connectivity index (χ4v) is 2.00. The molecule has 1 aliphatic heterocycles. The van der Waals surface area contributed by atoms with Gasteiger partial charge in [0.1, 0.15) is 5.75 Å². The average molecular weight is 272 g/mol. The molecule has 1 aromatic rings. The Balaban J connectivity index is 2.54. The third-order valence-electron chi connectivity index (χ3n) is 2.57. The van der Waals surface area contributed by atoms with E-state index in [1.54, 1.807) is 6.07 Å². The lowest BCUT2D eigenvalue weighted by molar-refractivity contribution is 0.0693. The maximum Gasteiger partial charge on any atom is 0.336 e. The zero-order valence-corrected chi connectivity index (χ0v) is 9.41. The number of hydrogen-bond acceptors (Lipinski definition) is 3. The minimum atomic E-state index is -1.01. The fourth-order valence-electron chi connectivity index (χ4n) is 1.66. The highest BCUT2D eigenvalue weighted by Crippen LogP contribution is 2.38. The number of phenols is 1. The van der Waals surface area contributed by atoms with Crippen molar-refractivity contribution in [2.24, 2.45) is 0 Å². The van der Waals surface area contributed by atoms with Gasteiger partial charge in [-0.3, -0.25) is 0 Å². The maximum absolute atomic E-state index is 11.0. The highest BCUT2D eigenvalue weighted by molar-refractivity contribution is 9.10. The molecule has 5 heteroatoms. The van der Waals surface area contributed by atoms with Crippen LogP contribution >= 0.6 is 15.9 Å². The van der Waals surface area contributed by atoms with Crippen LogP contribution in [0.5, 0.6) is 5.75 Å². The van der Waals surface area contributed by atoms with Crippen molar-refractivity contribution in [1.82, 2.24) is 5.32 Å². The first-order chi connectivity index (χ1) is 7.11. The summed E-state index contributed by atoms with van der Waals surface area (Å²) < 4.78 is 0.524. The molecule has 2 rings (SSSR count). The Morgan fingerprint density at radius 3 is 2.67 bits per heavy atom. The average Bonchev–Trinajstić information content (AvgIpc) is 2.09. The van der Waals surface area contributed by atoms with E-state index in [2.05, 4.69) is 21.2 Å². The second-order valence-electron chi connectivity index (χ2n) is 3.46. The van der Waals surface area contributed by atoms with E-state index in [9.17, 15) is 9.90 Å². The standard InChI is InChI=1S/C10H10BrNO3/c11-6-2-1-5(10(14)15)8(9(6)13)7-3-4-12-7/h1-2,7,12-13H,3-4H2,(H,14,15)/t7-/m1/s1. The van der Waals surface area contributed by atoms with E-state index in [4.69, 9.17) is 5.11 Å². The molecule has 4 nitrogen and oxygen atoms in total. The zero-order valence-electron chi connectivity index (χ0n) is 7.83. The van der Waals surface area contributed by atoms with Gasteiger partial charge in [0.15, 0.2) is 0 Å². The second-order valence-corrected chi connectivity index (χ2v) is 4.31. The molecule has 0 amide bonds. The number of halogens is 1. The number of carbonyl (C=O) groups is 1. The molecule has 1 saturated heterocycles. The van der Waals surface area contributed by atoms with Crippen LogP contribution in [-0.2, 0) is 0 Å². The molecule has 80 valence electrons. The smallest absolute Gasteiger partial charge is 0.336 e. The second kappa shape index (κ2) is 3.83. The number of nitrogens with one attached hydrogen (secondary N) is 1. The Morgan fingerprint density at radius 2 is 2.20 bits per heavy atom. The largest absolute Gasteiger partial charge is 0.506 e. The molecule has 0 radical (unpaired) electrons. The minimum absolute atomic E-state index is 0.0205. The van der Waals surface area contributed by atoms with Crippen molar-refractivity contribution < 1.29 is 15.0 Å². The molecular formula is C10H10BrNO3. The number of benzene rings is 1. The monoisotopic (exact) mass is 271 g/mol. The molecule has 0 aliphatic carbocycles. The van der Waals surface area contributed by atoms with Crippen LogP contribution in [0.25, 0.3) is 0 Å². The number of phenolic OH excluding ortho intramolecular Hbond substituents is 1. The number of hydrogen-bond donors (Lipinski definition) is 3. The van der Waals surface area contributed by atoms with Crippen LogP contribution in [0, 0.1) is 0 Å². The summed E-state index contributed by atoms with van der Waals surface area (Å²) >= 11 is 3.18. The Bertz CT molecular complexity index is 415. The van der Waals surface area contributed by atoms with Gasteiger partial charge in [0, 0.05) is 11.6 Å². The van der Waals surface area contributed by atoms with Crippen LogP contribution in [0.15, 0.2) is 16.6 Å². The predicted octanol–water partition coefficient (Wildman–Crippen LogP) is 1.89. The van der Waals surface area contributed by atoms with E-state index < -0.39 is 5.97 Å². The summed E-state index contributed by atoms with van der Waals surface area (Å²) in [7, 11) is 0.